The zero-order chi connectivity index (χ0) is 13.6. The number of ether oxygens (including phenoxy) is 2. The number of carbonyl (C=O) groups excluding carboxylic acids is 1. The Bertz CT molecular complexity index is 593. The van der Waals surface area contributed by atoms with E-state index in [9.17, 15) is 13.2 Å². The minimum atomic E-state index is -4.06. The molecule has 10 heteroatoms. The van der Waals surface area contributed by atoms with E-state index in [0.29, 0.717) is 13.0 Å². The van der Waals surface area contributed by atoms with Crippen molar-refractivity contribution in [2.45, 2.75) is 16.6 Å². The van der Waals surface area contributed by atoms with Crippen LogP contribution in [0.15, 0.2) is 14.7 Å². The van der Waals surface area contributed by atoms with Gasteiger partial charge < -0.3 is 9.47 Å². The van der Waals surface area contributed by atoms with Gasteiger partial charge in [-0.3, -0.25) is 0 Å². The smallest absolute Gasteiger partial charge is 0.353 e. The fraction of sp³-hybridized carbons (Fsp3) is 0.375. The molecule has 1 atom stereocenters. The minimum absolute atomic E-state index is 0.146. The van der Waals surface area contributed by atoms with Gasteiger partial charge in [-0.1, -0.05) is 0 Å². The maximum Gasteiger partial charge on any atom is 0.353 e. The van der Waals surface area contributed by atoms with Crippen LogP contribution >= 0.6 is 49.6 Å². The Labute approximate surface area is 125 Å². The van der Waals surface area contributed by atoms with Crippen molar-refractivity contribution >= 4 is 64.6 Å². The first-order valence-electron chi connectivity index (χ1n) is 4.51. The Kier molecular flexibility index (Phi) is 3.97. The van der Waals surface area contributed by atoms with Crippen molar-refractivity contribution in [3.63, 3.8) is 0 Å². The zero-order valence-electron chi connectivity index (χ0n) is 8.48. The highest BCUT2D eigenvalue weighted by Gasteiger charge is 2.42. The molecule has 2 heterocycles. The lowest BCUT2D eigenvalue weighted by atomic mass is 10.3. The van der Waals surface area contributed by atoms with Crippen molar-refractivity contribution in [1.29, 1.82) is 0 Å². The van der Waals surface area contributed by atoms with E-state index >= 15 is 0 Å². The van der Waals surface area contributed by atoms with Gasteiger partial charge in [0.2, 0.25) is 0 Å². The van der Waals surface area contributed by atoms with Crippen molar-refractivity contribution in [1.82, 2.24) is 0 Å². The van der Waals surface area contributed by atoms with Crippen molar-refractivity contribution in [2.75, 3.05) is 6.61 Å². The van der Waals surface area contributed by atoms with Crippen LogP contribution in [-0.2, 0) is 18.5 Å². The Morgan fingerprint density at radius 2 is 2.22 bits per heavy atom. The summed E-state index contributed by atoms with van der Waals surface area (Å²) in [6, 6.07) is 0. The molecule has 0 aliphatic carbocycles. The number of rotatable bonds is 3. The van der Waals surface area contributed by atoms with E-state index in [-0.39, 0.29) is 14.2 Å². The number of hydrogen-bond donors (Lipinski definition) is 0. The molecule has 100 valence electrons. The van der Waals surface area contributed by atoms with Crippen LogP contribution in [0.3, 0.4) is 0 Å². The molecule has 1 fully saturated rings. The lowest BCUT2D eigenvalue weighted by molar-refractivity contribution is -0.220. The first kappa shape index (κ1) is 14.5. The van der Waals surface area contributed by atoms with Crippen molar-refractivity contribution in [3.8, 4) is 0 Å². The molecule has 1 aromatic heterocycles. The fourth-order valence-corrected chi connectivity index (χ4v) is 5.43. The van der Waals surface area contributed by atoms with E-state index in [2.05, 4.69) is 15.9 Å². The average molecular weight is 396 g/mol. The molecule has 0 spiro atoms. The Morgan fingerprint density at radius 1 is 1.61 bits per heavy atom. The summed E-state index contributed by atoms with van der Waals surface area (Å²) < 4.78 is 32.7. The molecule has 0 bridgehead atoms. The molecule has 0 aromatic carbocycles. The molecular weight excluding hydrogens is 391 g/mol. The second kappa shape index (κ2) is 4.92. The number of esters is 1. The Hall–Kier alpha value is 0.140. The van der Waals surface area contributed by atoms with Gasteiger partial charge in [-0.05, 0) is 27.5 Å². The number of carbonyl (C=O) groups is 1. The molecule has 5 nitrogen and oxygen atoms in total. The van der Waals surface area contributed by atoms with Crippen molar-refractivity contribution in [2.24, 2.45) is 0 Å². The van der Waals surface area contributed by atoms with Gasteiger partial charge in [-0.2, -0.15) is 0 Å². The molecule has 2 rings (SSSR count). The Morgan fingerprint density at radius 3 is 2.67 bits per heavy atom. The van der Waals surface area contributed by atoms with Gasteiger partial charge in [-0.25, -0.2) is 13.2 Å². The highest BCUT2D eigenvalue weighted by molar-refractivity contribution is 9.10. The third-order valence-corrected chi connectivity index (χ3v) is 6.13. The van der Waals surface area contributed by atoms with Crippen LogP contribution in [-0.4, -0.2) is 26.2 Å². The monoisotopic (exact) mass is 394 g/mol. The normalized spacial score (nSPS) is 23.5. The second-order valence-corrected chi connectivity index (χ2v) is 8.14. The van der Waals surface area contributed by atoms with Gasteiger partial charge in [0.05, 0.1) is 13.0 Å². The van der Waals surface area contributed by atoms with Gasteiger partial charge in [-0.15, -0.1) is 11.3 Å². The number of thiophene rings is 1. The maximum atomic E-state index is 11.8. The summed E-state index contributed by atoms with van der Waals surface area (Å²) in [6.07, 6.45) is 0.343. The van der Waals surface area contributed by atoms with E-state index in [1.165, 1.54) is 5.38 Å². The number of hydrogen-bond acceptors (Lipinski definition) is 6. The lowest BCUT2D eigenvalue weighted by Gasteiger charge is -2.34. The lowest BCUT2D eigenvalue weighted by Crippen LogP contribution is -2.42. The fourth-order valence-electron chi connectivity index (χ4n) is 1.22. The van der Waals surface area contributed by atoms with E-state index in [1.54, 1.807) is 0 Å². The molecule has 0 amide bonds. The third kappa shape index (κ3) is 2.83. The topological polar surface area (TPSA) is 69.7 Å². The van der Waals surface area contributed by atoms with E-state index in [1.807, 2.05) is 0 Å². The van der Waals surface area contributed by atoms with Gasteiger partial charge in [0, 0.05) is 20.5 Å². The van der Waals surface area contributed by atoms with Gasteiger partial charge in [0.1, 0.15) is 9.77 Å². The van der Waals surface area contributed by atoms with Crippen molar-refractivity contribution in [3.05, 3.63) is 14.7 Å². The highest BCUT2D eigenvalue weighted by atomic mass is 79.9. The predicted molar refractivity (Wildman–Crippen MR) is 69.6 cm³/mol. The summed E-state index contributed by atoms with van der Waals surface area (Å²) in [5.41, 5.74) is 0. The zero-order valence-corrected chi connectivity index (χ0v) is 13.2. The second-order valence-electron chi connectivity index (χ2n) is 3.33. The first-order valence-corrected chi connectivity index (χ1v) is 8.87. The predicted octanol–water partition coefficient (Wildman–Crippen LogP) is 2.91. The van der Waals surface area contributed by atoms with Gasteiger partial charge >= 0.3 is 5.97 Å². The van der Waals surface area contributed by atoms with Crippen LogP contribution in [0.2, 0.25) is 0 Å². The molecule has 0 N–H and O–H groups in total. The van der Waals surface area contributed by atoms with Crippen LogP contribution < -0.4 is 0 Å². The molecule has 1 saturated heterocycles. The number of halogens is 3. The molecule has 0 saturated carbocycles. The molecule has 18 heavy (non-hydrogen) atoms. The van der Waals surface area contributed by atoms with Crippen LogP contribution in [0.4, 0.5) is 0 Å². The minimum Gasteiger partial charge on any atom is -0.414 e. The Balaban J connectivity index is 2.31. The van der Waals surface area contributed by atoms with Crippen LogP contribution in [0.5, 0.6) is 0 Å². The summed E-state index contributed by atoms with van der Waals surface area (Å²) in [4.78, 5) is 11.3. The summed E-state index contributed by atoms with van der Waals surface area (Å²) in [6.45, 7) is 0.381. The third-order valence-electron chi connectivity index (χ3n) is 2.10. The molecule has 1 aromatic rings. The van der Waals surface area contributed by atoms with Crippen LogP contribution in [0.1, 0.15) is 16.1 Å². The molecule has 1 aliphatic heterocycles. The summed E-state index contributed by atoms with van der Waals surface area (Å²) >= 11 is 9.66. The summed E-state index contributed by atoms with van der Waals surface area (Å²) in [5, 5.41) is -0.0741. The highest BCUT2D eigenvalue weighted by Crippen LogP contribution is 2.38. The van der Waals surface area contributed by atoms with E-state index in [0.717, 1.165) is 11.3 Å². The summed E-state index contributed by atoms with van der Waals surface area (Å²) in [7, 11) is 1.19. The summed E-state index contributed by atoms with van der Waals surface area (Å²) in [5.74, 6) is -0.889. The molecule has 0 radical (unpaired) electrons. The maximum absolute atomic E-state index is 11.8. The molecular formula is C8H5BrCl2O5S2. The molecule has 1 unspecified atom stereocenters. The quantitative estimate of drug-likeness (QED) is 0.447. The van der Waals surface area contributed by atoms with E-state index in [4.69, 9.17) is 31.8 Å². The average Bonchev–Trinajstić information content (AvgIpc) is 2.57. The number of alkyl halides is 1. The SMILES string of the molecule is O=C(OC1(Cl)CCO1)c1scc(Br)c1S(=O)(=O)Cl. The van der Waals surface area contributed by atoms with Crippen LogP contribution in [0, 0.1) is 0 Å². The standard InChI is InChI=1S/C8H5BrCl2O5S2/c9-4-3-17-5(6(4)18(11,13)14)7(12)16-8(10)1-2-15-8/h3H,1-2H2. The van der Waals surface area contributed by atoms with Gasteiger partial charge in [0.25, 0.3) is 14.3 Å². The van der Waals surface area contributed by atoms with Crippen molar-refractivity contribution < 1.29 is 22.7 Å². The van der Waals surface area contributed by atoms with Gasteiger partial charge in [0.15, 0.2) is 0 Å². The molecule has 1 aliphatic rings. The largest absolute Gasteiger partial charge is 0.414 e. The van der Waals surface area contributed by atoms with Crippen LogP contribution in [0.25, 0.3) is 0 Å². The first-order chi connectivity index (χ1) is 8.23. The van der Waals surface area contributed by atoms with E-state index < -0.39 is 20.3 Å².